The summed E-state index contributed by atoms with van der Waals surface area (Å²) in [6, 6.07) is 6.39. The summed E-state index contributed by atoms with van der Waals surface area (Å²) < 4.78 is 13.4. The molecule has 1 N–H and O–H groups in total. The summed E-state index contributed by atoms with van der Waals surface area (Å²) in [7, 11) is 0. The van der Waals surface area contributed by atoms with Crippen LogP contribution in [0.4, 0.5) is 4.39 Å². The van der Waals surface area contributed by atoms with E-state index >= 15 is 0 Å². The van der Waals surface area contributed by atoms with Gasteiger partial charge in [0, 0.05) is 48.6 Å². The van der Waals surface area contributed by atoms with Gasteiger partial charge in [-0.15, -0.1) is 0 Å². The fourth-order valence-electron chi connectivity index (χ4n) is 3.54. The van der Waals surface area contributed by atoms with E-state index in [0.717, 1.165) is 19.4 Å². The number of aromatic nitrogens is 1. The number of benzene rings is 1. The third-order valence-electron chi connectivity index (χ3n) is 4.92. The Morgan fingerprint density at radius 1 is 1.36 bits per heavy atom. The first-order valence-corrected chi connectivity index (χ1v) is 8.66. The number of halogens is 1. The van der Waals surface area contributed by atoms with E-state index in [4.69, 9.17) is 0 Å². The van der Waals surface area contributed by atoms with Crippen LogP contribution in [-0.2, 0) is 4.79 Å². The summed E-state index contributed by atoms with van der Waals surface area (Å²) in [6.07, 6.45) is 2.70. The van der Waals surface area contributed by atoms with E-state index in [1.165, 1.54) is 12.1 Å². The van der Waals surface area contributed by atoms with Crippen molar-refractivity contribution in [1.82, 2.24) is 15.2 Å². The van der Waals surface area contributed by atoms with Crippen molar-refractivity contribution in [3.8, 4) is 0 Å². The SMILES string of the molecule is Cc1cc(C(=O)NC[C@@H]2CC(=O)N(C3CC3)C2)c2ccc(F)cc2n1. The standard InChI is InChI=1S/C19H20FN3O2/c1-11-6-16(15-5-2-13(20)8-17(15)22-11)19(25)21-9-12-7-18(24)23(10-12)14-3-4-14/h2,5-6,8,12,14H,3-4,7,9-10H2,1H3,(H,21,25)/t12-/m0/s1. The molecule has 1 atom stereocenters. The van der Waals surface area contributed by atoms with Crippen LogP contribution in [0.2, 0.25) is 0 Å². The van der Waals surface area contributed by atoms with E-state index in [2.05, 4.69) is 10.3 Å². The van der Waals surface area contributed by atoms with Crippen molar-refractivity contribution in [2.24, 2.45) is 5.92 Å². The van der Waals surface area contributed by atoms with Crippen LogP contribution < -0.4 is 5.32 Å². The molecular weight excluding hydrogens is 321 g/mol. The first kappa shape index (κ1) is 16.0. The van der Waals surface area contributed by atoms with Gasteiger partial charge in [0.1, 0.15) is 5.82 Å². The number of nitrogens with zero attached hydrogens (tertiary/aromatic N) is 2. The van der Waals surface area contributed by atoms with E-state index in [-0.39, 0.29) is 23.5 Å². The zero-order chi connectivity index (χ0) is 17.6. The van der Waals surface area contributed by atoms with Crippen molar-refractivity contribution >= 4 is 22.7 Å². The summed E-state index contributed by atoms with van der Waals surface area (Å²) in [5.74, 6) is -0.229. The number of amides is 2. The molecule has 2 amide bonds. The molecule has 1 aromatic heterocycles. The maximum Gasteiger partial charge on any atom is 0.252 e. The Bertz CT molecular complexity index is 858. The van der Waals surface area contributed by atoms with Gasteiger partial charge in [0.2, 0.25) is 5.91 Å². The number of hydrogen-bond donors (Lipinski definition) is 1. The van der Waals surface area contributed by atoms with E-state index < -0.39 is 0 Å². The number of carbonyl (C=O) groups excluding carboxylic acids is 2. The summed E-state index contributed by atoms with van der Waals surface area (Å²) in [5.41, 5.74) is 1.63. The molecule has 1 aliphatic heterocycles. The Morgan fingerprint density at radius 2 is 2.16 bits per heavy atom. The topological polar surface area (TPSA) is 62.3 Å². The van der Waals surface area contributed by atoms with Crippen LogP contribution >= 0.6 is 0 Å². The molecule has 1 aliphatic carbocycles. The molecule has 1 saturated heterocycles. The first-order valence-electron chi connectivity index (χ1n) is 8.66. The van der Waals surface area contributed by atoms with Crippen LogP contribution in [0.3, 0.4) is 0 Å². The summed E-state index contributed by atoms with van der Waals surface area (Å²) in [5, 5.41) is 3.57. The van der Waals surface area contributed by atoms with Crippen LogP contribution in [0.25, 0.3) is 10.9 Å². The second kappa shape index (κ2) is 6.10. The van der Waals surface area contributed by atoms with E-state index in [0.29, 0.717) is 41.2 Å². The molecule has 1 saturated carbocycles. The van der Waals surface area contributed by atoms with E-state index in [1.54, 1.807) is 19.1 Å². The Labute approximate surface area is 145 Å². The summed E-state index contributed by atoms with van der Waals surface area (Å²) in [4.78, 5) is 30.9. The molecule has 5 nitrogen and oxygen atoms in total. The average Bonchev–Trinajstić information content (AvgIpc) is 3.34. The number of pyridine rings is 1. The number of hydrogen-bond acceptors (Lipinski definition) is 3. The van der Waals surface area contributed by atoms with Crippen molar-refractivity contribution in [1.29, 1.82) is 0 Å². The molecule has 2 fully saturated rings. The molecule has 0 spiro atoms. The van der Waals surface area contributed by atoms with Crippen molar-refractivity contribution in [3.05, 3.63) is 41.3 Å². The predicted molar refractivity (Wildman–Crippen MR) is 91.6 cm³/mol. The third kappa shape index (κ3) is 3.21. The van der Waals surface area contributed by atoms with Gasteiger partial charge in [-0.2, -0.15) is 0 Å². The number of rotatable bonds is 4. The molecule has 130 valence electrons. The predicted octanol–water partition coefficient (Wildman–Crippen LogP) is 2.42. The maximum atomic E-state index is 13.4. The number of nitrogens with one attached hydrogen (secondary N) is 1. The largest absolute Gasteiger partial charge is 0.352 e. The van der Waals surface area contributed by atoms with Crippen LogP contribution in [-0.4, -0.2) is 40.8 Å². The molecule has 2 heterocycles. The minimum absolute atomic E-state index is 0.156. The van der Waals surface area contributed by atoms with Gasteiger partial charge in [-0.05, 0) is 38.0 Å². The molecular formula is C19H20FN3O2. The fraction of sp³-hybridized carbons (Fsp3) is 0.421. The zero-order valence-corrected chi connectivity index (χ0v) is 14.1. The van der Waals surface area contributed by atoms with E-state index in [9.17, 15) is 14.0 Å². The van der Waals surface area contributed by atoms with Gasteiger partial charge >= 0.3 is 0 Å². The van der Waals surface area contributed by atoms with Crippen molar-refractivity contribution in [3.63, 3.8) is 0 Å². The molecule has 4 rings (SSSR count). The lowest BCUT2D eigenvalue weighted by Gasteiger charge is -2.16. The molecule has 0 unspecified atom stereocenters. The lowest BCUT2D eigenvalue weighted by molar-refractivity contribution is -0.128. The van der Waals surface area contributed by atoms with Crippen LogP contribution in [0.1, 0.15) is 35.3 Å². The highest BCUT2D eigenvalue weighted by molar-refractivity contribution is 6.06. The van der Waals surface area contributed by atoms with Gasteiger partial charge in [0.15, 0.2) is 0 Å². The Morgan fingerprint density at radius 3 is 2.92 bits per heavy atom. The summed E-state index contributed by atoms with van der Waals surface area (Å²) >= 11 is 0. The zero-order valence-electron chi connectivity index (χ0n) is 14.1. The fourth-order valence-corrected chi connectivity index (χ4v) is 3.54. The van der Waals surface area contributed by atoms with Gasteiger partial charge in [-0.25, -0.2) is 4.39 Å². The van der Waals surface area contributed by atoms with Gasteiger partial charge in [-0.3, -0.25) is 14.6 Å². The molecule has 0 radical (unpaired) electrons. The Kier molecular flexibility index (Phi) is 3.90. The lowest BCUT2D eigenvalue weighted by atomic mass is 10.1. The van der Waals surface area contributed by atoms with Gasteiger partial charge < -0.3 is 10.2 Å². The first-order chi connectivity index (χ1) is 12.0. The van der Waals surface area contributed by atoms with Crippen LogP contribution in [0.5, 0.6) is 0 Å². The van der Waals surface area contributed by atoms with Crippen molar-refractivity contribution in [2.45, 2.75) is 32.2 Å². The van der Waals surface area contributed by atoms with Crippen LogP contribution in [0.15, 0.2) is 24.3 Å². The van der Waals surface area contributed by atoms with Crippen LogP contribution in [0, 0.1) is 18.7 Å². The average molecular weight is 341 g/mol. The van der Waals surface area contributed by atoms with E-state index in [1.807, 2.05) is 4.90 Å². The highest BCUT2D eigenvalue weighted by Crippen LogP contribution is 2.32. The van der Waals surface area contributed by atoms with Gasteiger partial charge in [0.05, 0.1) is 11.1 Å². The molecule has 1 aromatic carbocycles. The number of likely N-dealkylation sites (tertiary alicyclic amines) is 1. The highest BCUT2D eigenvalue weighted by atomic mass is 19.1. The molecule has 2 aliphatic rings. The number of aryl methyl sites for hydroxylation is 1. The normalized spacial score (nSPS) is 20.3. The Balaban J connectivity index is 1.48. The smallest absolute Gasteiger partial charge is 0.252 e. The maximum absolute atomic E-state index is 13.4. The number of carbonyl (C=O) groups is 2. The minimum atomic E-state index is -0.374. The second-order valence-corrected chi connectivity index (χ2v) is 7.03. The van der Waals surface area contributed by atoms with Gasteiger partial charge in [-0.1, -0.05) is 0 Å². The van der Waals surface area contributed by atoms with Crippen molar-refractivity contribution in [2.75, 3.05) is 13.1 Å². The second-order valence-electron chi connectivity index (χ2n) is 7.03. The van der Waals surface area contributed by atoms with Gasteiger partial charge in [0.25, 0.3) is 5.91 Å². The number of fused-ring (bicyclic) bond motifs is 1. The monoisotopic (exact) mass is 341 g/mol. The quantitative estimate of drug-likeness (QED) is 0.929. The lowest BCUT2D eigenvalue weighted by Crippen LogP contribution is -2.32. The third-order valence-corrected chi connectivity index (χ3v) is 4.92. The highest BCUT2D eigenvalue weighted by Gasteiger charge is 2.39. The summed E-state index contributed by atoms with van der Waals surface area (Å²) in [6.45, 7) is 2.98. The van der Waals surface area contributed by atoms with Crippen molar-refractivity contribution < 1.29 is 14.0 Å². The molecule has 6 heteroatoms. The minimum Gasteiger partial charge on any atom is -0.352 e. The molecule has 25 heavy (non-hydrogen) atoms. The molecule has 0 bridgehead atoms. The molecule has 2 aromatic rings. The Hall–Kier alpha value is -2.50.